The summed E-state index contributed by atoms with van der Waals surface area (Å²) < 4.78 is 13.3. The summed E-state index contributed by atoms with van der Waals surface area (Å²) in [5.41, 5.74) is 7.10. The van der Waals surface area contributed by atoms with Crippen molar-refractivity contribution in [2.45, 2.75) is 13.3 Å². The fourth-order valence-electron chi connectivity index (χ4n) is 2.65. The van der Waals surface area contributed by atoms with Gasteiger partial charge in [0, 0.05) is 29.2 Å². The van der Waals surface area contributed by atoms with Crippen LogP contribution in [0.25, 0.3) is 10.6 Å². The number of hydrogen-bond donors (Lipinski definition) is 1. The van der Waals surface area contributed by atoms with Gasteiger partial charge >= 0.3 is 0 Å². The van der Waals surface area contributed by atoms with Gasteiger partial charge in [-0.05, 0) is 43.3 Å². The Morgan fingerprint density at radius 1 is 1.21 bits per heavy atom. The third kappa shape index (κ3) is 4.55. The van der Waals surface area contributed by atoms with Crippen molar-refractivity contribution >= 4 is 40.4 Å². The van der Waals surface area contributed by atoms with E-state index in [-0.39, 0.29) is 18.9 Å². The normalized spacial score (nSPS) is 10.7. The van der Waals surface area contributed by atoms with E-state index < -0.39 is 11.7 Å². The van der Waals surface area contributed by atoms with Crippen LogP contribution in [0, 0.1) is 12.7 Å². The van der Waals surface area contributed by atoms with Crippen molar-refractivity contribution in [1.29, 1.82) is 0 Å². The average Bonchev–Trinajstić information content (AvgIpc) is 3.04. The second-order valence-electron chi connectivity index (χ2n) is 6.09. The van der Waals surface area contributed by atoms with E-state index in [9.17, 15) is 14.0 Å². The summed E-state index contributed by atoms with van der Waals surface area (Å²) in [4.78, 5) is 30.8. The predicted octanol–water partition coefficient (Wildman–Crippen LogP) is 4.43. The van der Waals surface area contributed by atoms with Crippen molar-refractivity contribution in [3.63, 3.8) is 0 Å². The number of carbonyl (C=O) groups is 2. The lowest BCUT2D eigenvalue weighted by molar-refractivity contribution is -0.117. The SMILES string of the molecule is Cc1nc(-c2cccc(Cl)c2)sc1C(=O)N(CCC(N)=O)c1ccc(F)cc1. The van der Waals surface area contributed by atoms with Crippen LogP contribution in [0.15, 0.2) is 48.5 Å². The summed E-state index contributed by atoms with van der Waals surface area (Å²) in [6, 6.07) is 12.7. The van der Waals surface area contributed by atoms with Crippen LogP contribution in [0.1, 0.15) is 21.8 Å². The Labute approximate surface area is 170 Å². The van der Waals surface area contributed by atoms with Crippen molar-refractivity contribution in [2.75, 3.05) is 11.4 Å². The maximum Gasteiger partial charge on any atom is 0.270 e. The second kappa shape index (κ2) is 8.50. The van der Waals surface area contributed by atoms with Gasteiger partial charge in [0.25, 0.3) is 5.91 Å². The molecule has 0 aliphatic carbocycles. The highest BCUT2D eigenvalue weighted by molar-refractivity contribution is 7.17. The Bertz CT molecular complexity index is 1020. The molecule has 0 aliphatic heterocycles. The first-order valence-electron chi connectivity index (χ1n) is 8.44. The van der Waals surface area contributed by atoms with Gasteiger partial charge in [-0.1, -0.05) is 23.7 Å². The van der Waals surface area contributed by atoms with Crippen LogP contribution in [0.5, 0.6) is 0 Å². The molecule has 2 aromatic carbocycles. The van der Waals surface area contributed by atoms with Gasteiger partial charge in [-0.25, -0.2) is 9.37 Å². The average molecular weight is 418 g/mol. The van der Waals surface area contributed by atoms with E-state index in [0.29, 0.717) is 26.3 Å². The summed E-state index contributed by atoms with van der Waals surface area (Å²) in [5.74, 6) is -1.26. The first-order valence-corrected chi connectivity index (χ1v) is 9.63. The lowest BCUT2D eigenvalue weighted by atomic mass is 10.2. The van der Waals surface area contributed by atoms with Crippen LogP contribution >= 0.6 is 22.9 Å². The maximum atomic E-state index is 13.3. The van der Waals surface area contributed by atoms with Crippen LogP contribution in [-0.4, -0.2) is 23.3 Å². The number of rotatable bonds is 6. The molecule has 144 valence electrons. The van der Waals surface area contributed by atoms with Crippen LogP contribution in [-0.2, 0) is 4.79 Å². The number of nitrogens with zero attached hydrogens (tertiary/aromatic N) is 2. The molecule has 2 N–H and O–H groups in total. The van der Waals surface area contributed by atoms with Gasteiger partial charge in [0.1, 0.15) is 15.7 Å². The number of aryl methyl sites for hydroxylation is 1. The molecule has 0 saturated heterocycles. The van der Waals surface area contributed by atoms with Crippen molar-refractivity contribution in [3.8, 4) is 10.6 Å². The second-order valence-corrected chi connectivity index (χ2v) is 7.53. The van der Waals surface area contributed by atoms with E-state index in [1.807, 2.05) is 12.1 Å². The molecule has 3 rings (SSSR count). The van der Waals surface area contributed by atoms with Crippen LogP contribution in [0.2, 0.25) is 5.02 Å². The van der Waals surface area contributed by atoms with Gasteiger partial charge in [-0.15, -0.1) is 11.3 Å². The Morgan fingerprint density at radius 2 is 1.93 bits per heavy atom. The molecule has 0 saturated carbocycles. The topological polar surface area (TPSA) is 76.3 Å². The quantitative estimate of drug-likeness (QED) is 0.644. The zero-order valence-electron chi connectivity index (χ0n) is 15.0. The highest BCUT2D eigenvalue weighted by atomic mass is 35.5. The molecule has 2 amide bonds. The Balaban J connectivity index is 1.96. The number of thiazole rings is 1. The van der Waals surface area contributed by atoms with E-state index in [2.05, 4.69) is 4.98 Å². The fourth-order valence-corrected chi connectivity index (χ4v) is 3.86. The van der Waals surface area contributed by atoms with Crippen LogP contribution in [0.4, 0.5) is 10.1 Å². The van der Waals surface area contributed by atoms with E-state index in [4.69, 9.17) is 17.3 Å². The van der Waals surface area contributed by atoms with Crippen molar-refractivity contribution < 1.29 is 14.0 Å². The minimum absolute atomic E-state index is 0.0118. The van der Waals surface area contributed by atoms with Crippen molar-refractivity contribution in [3.05, 3.63) is 69.9 Å². The van der Waals surface area contributed by atoms with Gasteiger partial charge in [0.05, 0.1) is 5.69 Å². The number of amides is 2. The molecule has 5 nitrogen and oxygen atoms in total. The fraction of sp³-hybridized carbons (Fsp3) is 0.150. The molecule has 0 aliphatic rings. The molecule has 0 fully saturated rings. The summed E-state index contributed by atoms with van der Waals surface area (Å²) in [6.07, 6.45) is -0.0118. The first-order chi connectivity index (χ1) is 13.3. The number of anilines is 1. The molecule has 0 radical (unpaired) electrons. The van der Waals surface area contributed by atoms with E-state index >= 15 is 0 Å². The third-order valence-corrected chi connectivity index (χ3v) is 5.46. The zero-order valence-corrected chi connectivity index (χ0v) is 16.6. The molecule has 0 unspecified atom stereocenters. The first kappa shape index (κ1) is 20.0. The van der Waals surface area contributed by atoms with E-state index in [0.717, 1.165) is 5.56 Å². The number of aromatic nitrogens is 1. The van der Waals surface area contributed by atoms with Gasteiger partial charge in [-0.2, -0.15) is 0 Å². The minimum atomic E-state index is -0.527. The predicted molar refractivity (Wildman–Crippen MR) is 109 cm³/mol. The van der Waals surface area contributed by atoms with Crippen molar-refractivity contribution in [2.24, 2.45) is 5.73 Å². The number of nitrogens with two attached hydrogens (primary N) is 1. The summed E-state index contributed by atoms with van der Waals surface area (Å²) in [5, 5.41) is 1.24. The highest BCUT2D eigenvalue weighted by Crippen LogP contribution is 2.31. The smallest absolute Gasteiger partial charge is 0.270 e. The molecule has 0 spiro atoms. The monoisotopic (exact) mass is 417 g/mol. The lowest BCUT2D eigenvalue weighted by Crippen LogP contribution is -2.34. The molecular formula is C20H17ClFN3O2S. The Kier molecular flexibility index (Phi) is 6.06. The Hall–Kier alpha value is -2.77. The highest BCUT2D eigenvalue weighted by Gasteiger charge is 2.24. The van der Waals surface area contributed by atoms with Gasteiger partial charge < -0.3 is 10.6 Å². The van der Waals surface area contributed by atoms with E-state index in [1.165, 1.54) is 40.5 Å². The van der Waals surface area contributed by atoms with Gasteiger partial charge in [-0.3, -0.25) is 9.59 Å². The summed E-state index contributed by atoms with van der Waals surface area (Å²) in [7, 11) is 0. The van der Waals surface area contributed by atoms with Gasteiger partial charge in [0.2, 0.25) is 5.91 Å². The number of halogens is 2. The molecule has 28 heavy (non-hydrogen) atoms. The third-order valence-electron chi connectivity index (χ3n) is 4.03. The number of benzene rings is 2. The standard InChI is InChI=1S/C20H17ClFN3O2S/c1-12-18(28-19(24-12)13-3-2-4-14(21)11-13)20(27)25(10-9-17(23)26)16-7-5-15(22)6-8-16/h2-8,11H,9-10H2,1H3,(H2,23,26). The maximum absolute atomic E-state index is 13.3. The number of carbonyl (C=O) groups excluding carboxylic acids is 2. The van der Waals surface area contributed by atoms with Crippen LogP contribution < -0.4 is 10.6 Å². The number of primary amides is 1. The number of hydrogen-bond acceptors (Lipinski definition) is 4. The van der Waals surface area contributed by atoms with Gasteiger partial charge in [0.15, 0.2) is 0 Å². The van der Waals surface area contributed by atoms with E-state index in [1.54, 1.807) is 19.1 Å². The van der Waals surface area contributed by atoms with Crippen LogP contribution in [0.3, 0.4) is 0 Å². The molecule has 8 heteroatoms. The lowest BCUT2D eigenvalue weighted by Gasteiger charge is -2.22. The molecule has 1 aromatic heterocycles. The molecule has 1 heterocycles. The summed E-state index contributed by atoms with van der Waals surface area (Å²) in [6.45, 7) is 1.83. The molecule has 3 aromatic rings. The minimum Gasteiger partial charge on any atom is -0.370 e. The zero-order chi connectivity index (χ0) is 20.3. The Morgan fingerprint density at radius 3 is 2.57 bits per heavy atom. The van der Waals surface area contributed by atoms with Crippen molar-refractivity contribution in [1.82, 2.24) is 4.98 Å². The largest absolute Gasteiger partial charge is 0.370 e. The molecule has 0 bridgehead atoms. The summed E-state index contributed by atoms with van der Waals surface area (Å²) >= 11 is 7.28. The molecule has 0 atom stereocenters. The molecular weight excluding hydrogens is 401 g/mol.